The Morgan fingerprint density at radius 2 is 1.96 bits per heavy atom. The van der Waals surface area contributed by atoms with Crippen LogP contribution in [0.3, 0.4) is 0 Å². The Hall–Kier alpha value is -1.70. The number of hydrogen-bond donors (Lipinski definition) is 0. The Balaban J connectivity index is 1.93. The fourth-order valence-electron chi connectivity index (χ4n) is 2.19. The van der Waals surface area contributed by atoms with Crippen LogP contribution >= 0.6 is 39.9 Å². The van der Waals surface area contributed by atoms with Crippen LogP contribution < -0.4 is 9.64 Å². The van der Waals surface area contributed by atoms with Gasteiger partial charge in [0.25, 0.3) is 5.91 Å². The molecular weight excluding hydrogens is 413 g/mol. The van der Waals surface area contributed by atoms with Crippen molar-refractivity contribution in [2.45, 2.75) is 0 Å². The molecule has 0 N–H and O–H groups in total. The van der Waals surface area contributed by atoms with E-state index in [-0.39, 0.29) is 5.91 Å². The van der Waals surface area contributed by atoms with E-state index in [0.717, 1.165) is 16.2 Å². The van der Waals surface area contributed by atoms with Gasteiger partial charge < -0.3 is 4.74 Å². The SMILES string of the molecule is COc1ccc(N2C(=O)/C(=C\c3cc(Br)ccc3F)SC2=S)cc1. The number of amides is 1. The molecule has 1 saturated heterocycles. The summed E-state index contributed by atoms with van der Waals surface area (Å²) >= 11 is 9.76. The zero-order valence-corrected chi connectivity index (χ0v) is 15.7. The van der Waals surface area contributed by atoms with Crippen LogP contribution in [-0.4, -0.2) is 17.3 Å². The molecule has 2 aromatic carbocycles. The van der Waals surface area contributed by atoms with Gasteiger partial charge in [-0.1, -0.05) is 39.9 Å². The van der Waals surface area contributed by atoms with Crippen molar-refractivity contribution in [2.24, 2.45) is 0 Å². The maximum Gasteiger partial charge on any atom is 0.270 e. The lowest BCUT2D eigenvalue weighted by Gasteiger charge is -2.14. The molecule has 0 unspecified atom stereocenters. The van der Waals surface area contributed by atoms with Crippen molar-refractivity contribution in [1.82, 2.24) is 0 Å². The predicted octanol–water partition coefficient (Wildman–Crippen LogP) is 5.00. The van der Waals surface area contributed by atoms with Crippen molar-refractivity contribution >= 4 is 61.9 Å². The fourth-order valence-corrected chi connectivity index (χ4v) is 3.86. The van der Waals surface area contributed by atoms with Crippen LogP contribution in [0.4, 0.5) is 10.1 Å². The molecule has 1 fully saturated rings. The molecular formula is C17H11BrFNO2S2. The van der Waals surface area contributed by atoms with Crippen molar-refractivity contribution < 1.29 is 13.9 Å². The summed E-state index contributed by atoms with van der Waals surface area (Å²) in [6, 6.07) is 11.6. The van der Waals surface area contributed by atoms with Gasteiger partial charge in [0, 0.05) is 10.0 Å². The molecule has 0 spiro atoms. The lowest BCUT2D eigenvalue weighted by atomic mass is 10.2. The number of hydrogen-bond acceptors (Lipinski definition) is 4. The Morgan fingerprint density at radius 1 is 1.25 bits per heavy atom. The standard InChI is InChI=1S/C17H11BrFNO2S2/c1-22-13-5-3-12(4-6-13)20-16(21)15(24-17(20)23)9-10-8-11(18)2-7-14(10)19/h2-9H,1H3/b15-9+. The first-order valence-electron chi connectivity index (χ1n) is 6.86. The summed E-state index contributed by atoms with van der Waals surface area (Å²) in [4.78, 5) is 14.5. The van der Waals surface area contributed by atoms with Gasteiger partial charge in [-0.3, -0.25) is 9.69 Å². The van der Waals surface area contributed by atoms with Gasteiger partial charge in [-0.2, -0.15) is 0 Å². The largest absolute Gasteiger partial charge is 0.497 e. The summed E-state index contributed by atoms with van der Waals surface area (Å²) in [7, 11) is 1.57. The van der Waals surface area contributed by atoms with Crippen LogP contribution in [0.5, 0.6) is 5.75 Å². The molecule has 24 heavy (non-hydrogen) atoms. The molecule has 0 aromatic heterocycles. The summed E-state index contributed by atoms with van der Waals surface area (Å²) in [5, 5.41) is 0. The minimum atomic E-state index is -0.395. The van der Waals surface area contributed by atoms with Gasteiger partial charge in [0.15, 0.2) is 4.32 Å². The Kier molecular flexibility index (Phi) is 5.03. The Morgan fingerprint density at radius 3 is 2.62 bits per heavy atom. The molecule has 1 aliphatic heterocycles. The zero-order chi connectivity index (χ0) is 17.3. The molecule has 1 amide bonds. The van der Waals surface area contributed by atoms with Gasteiger partial charge in [-0.15, -0.1) is 0 Å². The number of nitrogens with zero attached hydrogens (tertiary/aromatic N) is 1. The summed E-state index contributed by atoms with van der Waals surface area (Å²) in [6.45, 7) is 0. The molecule has 3 rings (SSSR count). The summed E-state index contributed by atoms with van der Waals surface area (Å²) in [5.74, 6) is 0.0263. The van der Waals surface area contributed by atoms with Crippen molar-refractivity contribution in [3.05, 3.63) is 63.2 Å². The van der Waals surface area contributed by atoms with Crippen molar-refractivity contribution in [2.75, 3.05) is 12.0 Å². The molecule has 3 nitrogen and oxygen atoms in total. The second kappa shape index (κ2) is 7.04. The highest BCUT2D eigenvalue weighted by Gasteiger charge is 2.33. The van der Waals surface area contributed by atoms with E-state index in [2.05, 4.69) is 15.9 Å². The van der Waals surface area contributed by atoms with Crippen molar-refractivity contribution in [3.8, 4) is 5.75 Å². The third-order valence-corrected chi connectivity index (χ3v) is 5.16. The van der Waals surface area contributed by atoms with Gasteiger partial charge in [-0.25, -0.2) is 4.39 Å². The molecule has 0 saturated carbocycles. The molecule has 0 bridgehead atoms. The zero-order valence-electron chi connectivity index (χ0n) is 12.5. The second-order valence-corrected chi connectivity index (χ2v) is 7.47. The highest BCUT2D eigenvalue weighted by atomic mass is 79.9. The highest BCUT2D eigenvalue weighted by Crippen LogP contribution is 2.37. The van der Waals surface area contributed by atoms with Crippen molar-refractivity contribution in [3.63, 3.8) is 0 Å². The first-order chi connectivity index (χ1) is 11.5. The van der Waals surface area contributed by atoms with Gasteiger partial charge >= 0.3 is 0 Å². The average molecular weight is 424 g/mol. The molecule has 1 aliphatic rings. The van der Waals surface area contributed by atoms with E-state index in [0.29, 0.717) is 26.2 Å². The quantitative estimate of drug-likeness (QED) is 0.512. The number of thiocarbonyl (C=S) groups is 1. The van der Waals surface area contributed by atoms with Crippen LogP contribution in [0.1, 0.15) is 5.56 Å². The van der Waals surface area contributed by atoms with Gasteiger partial charge in [0.1, 0.15) is 11.6 Å². The smallest absolute Gasteiger partial charge is 0.270 e. The molecule has 0 radical (unpaired) electrons. The third-order valence-electron chi connectivity index (χ3n) is 3.37. The first kappa shape index (κ1) is 17.1. The van der Waals surface area contributed by atoms with Crippen molar-refractivity contribution in [1.29, 1.82) is 0 Å². The van der Waals surface area contributed by atoms with Crippen LogP contribution in [-0.2, 0) is 4.79 Å². The highest BCUT2D eigenvalue weighted by molar-refractivity contribution is 9.10. The van der Waals surface area contributed by atoms with Crippen LogP contribution in [0.2, 0.25) is 0 Å². The molecule has 1 heterocycles. The number of rotatable bonds is 3. The number of methoxy groups -OCH3 is 1. The maximum absolute atomic E-state index is 13.9. The lowest BCUT2D eigenvalue weighted by Crippen LogP contribution is -2.27. The summed E-state index contributed by atoms with van der Waals surface area (Å²) in [5.41, 5.74) is 0.982. The number of thioether (sulfide) groups is 1. The Labute approximate surface area is 156 Å². The van der Waals surface area contributed by atoms with Gasteiger partial charge in [-0.05, 0) is 48.5 Å². The second-order valence-electron chi connectivity index (χ2n) is 4.88. The normalized spacial score (nSPS) is 16.1. The van der Waals surface area contributed by atoms with E-state index in [1.165, 1.54) is 17.0 Å². The van der Waals surface area contributed by atoms with E-state index in [4.69, 9.17) is 17.0 Å². The number of carbonyl (C=O) groups excluding carboxylic acids is 1. The number of halogens is 2. The number of carbonyl (C=O) groups is 1. The number of ether oxygens (including phenoxy) is 1. The first-order valence-corrected chi connectivity index (χ1v) is 8.88. The Bertz CT molecular complexity index is 852. The fraction of sp³-hybridized carbons (Fsp3) is 0.0588. The molecule has 2 aromatic rings. The average Bonchev–Trinajstić information content (AvgIpc) is 2.85. The summed E-state index contributed by atoms with van der Waals surface area (Å²) in [6.07, 6.45) is 1.52. The molecule has 7 heteroatoms. The molecule has 0 aliphatic carbocycles. The predicted molar refractivity (Wildman–Crippen MR) is 103 cm³/mol. The summed E-state index contributed by atoms with van der Waals surface area (Å²) < 4.78 is 20.2. The van der Waals surface area contributed by atoms with E-state index < -0.39 is 5.82 Å². The van der Waals surface area contributed by atoms with Crippen LogP contribution in [0.25, 0.3) is 6.08 Å². The van der Waals surface area contributed by atoms with Gasteiger partial charge in [0.05, 0.1) is 17.7 Å². The lowest BCUT2D eigenvalue weighted by molar-refractivity contribution is -0.113. The monoisotopic (exact) mass is 423 g/mol. The van der Waals surface area contributed by atoms with E-state index in [9.17, 15) is 9.18 Å². The van der Waals surface area contributed by atoms with Gasteiger partial charge in [0.2, 0.25) is 0 Å². The topological polar surface area (TPSA) is 29.5 Å². The third kappa shape index (κ3) is 3.38. The number of anilines is 1. The van der Waals surface area contributed by atoms with Crippen LogP contribution in [0, 0.1) is 5.82 Å². The molecule has 0 atom stereocenters. The minimum absolute atomic E-state index is 0.269. The number of benzene rings is 2. The maximum atomic E-state index is 13.9. The van der Waals surface area contributed by atoms with Crippen LogP contribution in [0.15, 0.2) is 51.8 Å². The minimum Gasteiger partial charge on any atom is -0.497 e. The van der Waals surface area contributed by atoms with E-state index in [1.54, 1.807) is 43.5 Å². The van der Waals surface area contributed by atoms with E-state index in [1.807, 2.05) is 0 Å². The van der Waals surface area contributed by atoms with E-state index >= 15 is 0 Å². The molecule has 122 valence electrons.